The van der Waals surface area contributed by atoms with Crippen molar-refractivity contribution in [3.8, 4) is 0 Å². The van der Waals surface area contributed by atoms with Crippen molar-refractivity contribution in [1.29, 1.82) is 0 Å². The molecule has 0 N–H and O–H groups in total. The Hall–Kier alpha value is 0.550. The number of halogens is 6. The second-order valence-corrected chi connectivity index (χ2v) is 6.27. The summed E-state index contributed by atoms with van der Waals surface area (Å²) in [5.41, 5.74) is 0. The molecule has 0 aliphatic carbocycles. The number of hydrogen-bond donors (Lipinski definition) is 0. The number of hydrogen-bond acceptors (Lipinski definition) is 1. The second-order valence-electron chi connectivity index (χ2n) is 2.63. The van der Waals surface area contributed by atoms with Crippen LogP contribution in [0.15, 0.2) is 0 Å². The monoisotopic (exact) mass is 480 g/mol. The third kappa shape index (κ3) is 4.43. The van der Waals surface area contributed by atoms with Gasteiger partial charge in [0.05, 0.1) is 7.14 Å². The molecule has 0 aliphatic heterocycles. The van der Waals surface area contributed by atoms with Crippen molar-refractivity contribution in [1.82, 2.24) is 0 Å². The zero-order chi connectivity index (χ0) is 13.0. The molecule has 0 aliphatic rings. The lowest BCUT2D eigenvalue weighted by molar-refractivity contribution is 0.437. The summed E-state index contributed by atoms with van der Waals surface area (Å²) < 4.78 is 58.8. The van der Waals surface area contributed by atoms with Gasteiger partial charge in [0.1, 0.15) is 0 Å². The fourth-order valence-electron chi connectivity index (χ4n) is 0.578. The first-order valence-electron chi connectivity index (χ1n) is 3.62. The van der Waals surface area contributed by atoms with Crippen LogP contribution in [-0.2, 0) is 10.8 Å². The summed E-state index contributed by atoms with van der Waals surface area (Å²) in [5, 5.41) is 0. The van der Waals surface area contributed by atoms with Crippen LogP contribution in [0.5, 0.6) is 0 Å². The van der Waals surface area contributed by atoms with Gasteiger partial charge in [-0.15, -0.1) is 0 Å². The van der Waals surface area contributed by atoms with Crippen molar-refractivity contribution in [2.24, 2.45) is 0 Å². The predicted octanol–water partition coefficient (Wildman–Crippen LogP) is 3.45. The summed E-state index contributed by atoms with van der Waals surface area (Å²) in [6, 6.07) is 0. The van der Waals surface area contributed by atoms with Gasteiger partial charge in [-0.05, 0) is 45.2 Å². The van der Waals surface area contributed by atoms with Crippen molar-refractivity contribution in [2.45, 2.75) is 0 Å². The van der Waals surface area contributed by atoms with Crippen LogP contribution in [0.4, 0.5) is 17.6 Å². The van der Waals surface area contributed by atoms with Crippen molar-refractivity contribution in [3.63, 3.8) is 0 Å². The van der Waals surface area contributed by atoms with Crippen LogP contribution in [0, 0.1) is 30.4 Å². The van der Waals surface area contributed by atoms with E-state index in [4.69, 9.17) is 0 Å². The average Bonchev–Trinajstić information content (AvgIpc) is 2.20. The summed E-state index contributed by atoms with van der Waals surface area (Å²) in [5.74, 6) is -5.39. The van der Waals surface area contributed by atoms with E-state index in [1.165, 1.54) is 45.2 Å². The van der Waals surface area contributed by atoms with Gasteiger partial charge in [0.15, 0.2) is 23.3 Å². The van der Waals surface area contributed by atoms with Crippen LogP contribution in [-0.4, -0.2) is 16.7 Å². The molecule has 0 amide bonds. The first-order valence-corrected chi connectivity index (χ1v) is 7.74. The van der Waals surface area contributed by atoms with Crippen LogP contribution >= 0.6 is 45.2 Å². The average molecular weight is 480 g/mol. The minimum Gasteiger partial charge on any atom is -0.260 e. The molecule has 0 radical (unpaired) electrons. The summed E-state index contributed by atoms with van der Waals surface area (Å²) in [6.45, 7) is 0. The molecule has 8 heteroatoms. The Balaban J connectivity index is 0.000000487. The molecule has 0 aromatic heterocycles. The fraction of sp³-hybridized carbons (Fsp3) is 0.250. The van der Waals surface area contributed by atoms with Crippen molar-refractivity contribution in [3.05, 3.63) is 30.4 Å². The lowest BCUT2D eigenvalue weighted by Crippen LogP contribution is -2.02. The standard InChI is InChI=1S/C6F4I2.C2H6OS/c7-1-2(8)6(12)4(10)3(9)5(1)11;1-4(2)3/h;1-2H3. The highest BCUT2D eigenvalue weighted by molar-refractivity contribution is 14.1. The van der Waals surface area contributed by atoms with Gasteiger partial charge in [-0.25, -0.2) is 17.6 Å². The Morgan fingerprint density at radius 2 is 0.938 bits per heavy atom. The van der Waals surface area contributed by atoms with Gasteiger partial charge in [0, 0.05) is 23.3 Å². The van der Waals surface area contributed by atoms with Crippen LogP contribution < -0.4 is 0 Å². The molecule has 1 nitrogen and oxygen atoms in total. The molecule has 0 heterocycles. The normalized spacial score (nSPS) is 10.1. The molecule has 0 saturated carbocycles. The maximum absolute atomic E-state index is 12.6. The highest BCUT2D eigenvalue weighted by Gasteiger charge is 2.21. The molecule has 92 valence electrons. The van der Waals surface area contributed by atoms with Gasteiger partial charge in [-0.3, -0.25) is 4.21 Å². The van der Waals surface area contributed by atoms with Crippen LogP contribution in [0.2, 0.25) is 0 Å². The summed E-state index contributed by atoms with van der Waals surface area (Å²) >= 11 is 2.41. The van der Waals surface area contributed by atoms with Crippen molar-refractivity contribution < 1.29 is 21.8 Å². The number of benzene rings is 1. The van der Waals surface area contributed by atoms with Gasteiger partial charge >= 0.3 is 0 Å². The minimum atomic E-state index is -1.35. The molecular weight excluding hydrogens is 474 g/mol. The van der Waals surface area contributed by atoms with E-state index in [1.807, 2.05) is 0 Å². The number of rotatable bonds is 0. The van der Waals surface area contributed by atoms with Crippen LogP contribution in [0.1, 0.15) is 0 Å². The van der Waals surface area contributed by atoms with E-state index < -0.39 is 41.2 Å². The molecule has 0 saturated heterocycles. The molecule has 0 atom stereocenters. The molecule has 1 aromatic carbocycles. The molecule has 1 aromatic rings. The maximum atomic E-state index is 12.6. The maximum Gasteiger partial charge on any atom is 0.176 e. The van der Waals surface area contributed by atoms with E-state index >= 15 is 0 Å². The SMILES string of the molecule is CS(C)=O.Fc1c(F)c(I)c(F)c(F)c1I. The van der Waals surface area contributed by atoms with E-state index in [0.29, 0.717) is 0 Å². The first-order chi connectivity index (χ1) is 7.20. The first kappa shape index (κ1) is 16.6. The summed E-state index contributed by atoms with van der Waals surface area (Å²) in [4.78, 5) is 0. The van der Waals surface area contributed by atoms with Crippen LogP contribution in [0.25, 0.3) is 0 Å². The lowest BCUT2D eigenvalue weighted by atomic mass is 10.3. The molecular formula is C8H6F4I2OS. The molecule has 0 bridgehead atoms. The van der Waals surface area contributed by atoms with E-state index in [2.05, 4.69) is 0 Å². The molecule has 0 fully saturated rings. The topological polar surface area (TPSA) is 17.1 Å². The Kier molecular flexibility index (Phi) is 7.33. The van der Waals surface area contributed by atoms with E-state index in [-0.39, 0.29) is 0 Å². The molecule has 0 unspecified atom stereocenters. The highest BCUT2D eigenvalue weighted by Crippen LogP contribution is 2.25. The summed E-state index contributed by atoms with van der Waals surface area (Å²) in [6.07, 6.45) is 3.28. The van der Waals surface area contributed by atoms with Crippen molar-refractivity contribution >= 4 is 56.0 Å². The zero-order valence-corrected chi connectivity index (χ0v) is 13.2. The molecule has 1 rings (SSSR count). The Bertz CT molecular complexity index is 316. The van der Waals surface area contributed by atoms with E-state index in [0.717, 1.165) is 0 Å². The third-order valence-corrected chi connectivity index (χ3v) is 3.05. The Morgan fingerprint density at radius 1 is 0.812 bits per heavy atom. The minimum absolute atomic E-state index is 0.611. The van der Waals surface area contributed by atoms with Gasteiger partial charge in [-0.1, -0.05) is 0 Å². The van der Waals surface area contributed by atoms with Crippen molar-refractivity contribution in [2.75, 3.05) is 12.5 Å². The lowest BCUT2D eigenvalue weighted by Gasteiger charge is -2.02. The predicted molar refractivity (Wildman–Crippen MR) is 71.7 cm³/mol. The van der Waals surface area contributed by atoms with E-state index in [1.54, 1.807) is 12.5 Å². The van der Waals surface area contributed by atoms with E-state index in [9.17, 15) is 21.8 Å². The van der Waals surface area contributed by atoms with Gasteiger partial charge in [-0.2, -0.15) is 0 Å². The quantitative estimate of drug-likeness (QED) is 0.241. The van der Waals surface area contributed by atoms with Crippen LogP contribution in [0.3, 0.4) is 0 Å². The third-order valence-electron chi connectivity index (χ3n) is 1.16. The van der Waals surface area contributed by atoms with Gasteiger partial charge < -0.3 is 0 Å². The molecule has 16 heavy (non-hydrogen) atoms. The summed E-state index contributed by atoms with van der Waals surface area (Å²) in [7, 11) is -0.611. The second kappa shape index (κ2) is 7.09. The van der Waals surface area contributed by atoms with Gasteiger partial charge in [0.2, 0.25) is 0 Å². The Morgan fingerprint density at radius 3 is 1.06 bits per heavy atom. The highest BCUT2D eigenvalue weighted by atomic mass is 127. The largest absolute Gasteiger partial charge is 0.260 e. The molecule has 0 spiro atoms. The Labute approximate surface area is 120 Å². The zero-order valence-electron chi connectivity index (χ0n) is 8.08. The fourth-order valence-corrected chi connectivity index (χ4v) is 1.53. The van der Waals surface area contributed by atoms with Gasteiger partial charge in [0.25, 0.3) is 0 Å². The smallest absolute Gasteiger partial charge is 0.176 e.